The van der Waals surface area contributed by atoms with Crippen molar-refractivity contribution in [3.8, 4) is 0 Å². The van der Waals surface area contributed by atoms with E-state index in [2.05, 4.69) is 4.98 Å². The van der Waals surface area contributed by atoms with E-state index in [9.17, 15) is 9.90 Å². The topological polar surface area (TPSA) is 62.7 Å². The maximum atomic E-state index is 11.2. The largest absolute Gasteiger partial charge is 0.478 e. The lowest BCUT2D eigenvalue weighted by atomic mass is 10.1. The average molecular weight is 238 g/mol. The van der Waals surface area contributed by atoms with Crippen molar-refractivity contribution < 1.29 is 14.6 Å². The van der Waals surface area contributed by atoms with E-state index in [-0.39, 0.29) is 5.56 Å². The van der Waals surface area contributed by atoms with Crippen LogP contribution in [0.25, 0.3) is 0 Å². The number of carbonyl (C=O) groups is 1. The standard InChI is InChI=1S/C12H18N2O3/c1-4-14(7-8-17-3)11-10(12(15)16)9(2)5-6-13-11/h5-6H,4,7-8H2,1-3H3,(H,15,16). The number of ether oxygens (including phenoxy) is 1. The van der Waals surface area contributed by atoms with Crippen LogP contribution < -0.4 is 4.90 Å². The van der Waals surface area contributed by atoms with Gasteiger partial charge >= 0.3 is 5.97 Å². The van der Waals surface area contributed by atoms with Gasteiger partial charge in [0.25, 0.3) is 0 Å². The molecule has 0 saturated heterocycles. The number of likely N-dealkylation sites (N-methyl/N-ethyl adjacent to an activating group) is 1. The van der Waals surface area contributed by atoms with Crippen LogP contribution in [0.1, 0.15) is 22.8 Å². The summed E-state index contributed by atoms with van der Waals surface area (Å²) in [6.07, 6.45) is 1.63. The van der Waals surface area contributed by atoms with E-state index in [1.165, 1.54) is 0 Å². The molecule has 0 fully saturated rings. The van der Waals surface area contributed by atoms with E-state index < -0.39 is 5.97 Å². The number of aromatic carboxylic acids is 1. The monoisotopic (exact) mass is 238 g/mol. The molecule has 1 aromatic rings. The van der Waals surface area contributed by atoms with Crippen molar-refractivity contribution in [2.24, 2.45) is 0 Å². The first-order valence-electron chi connectivity index (χ1n) is 5.54. The molecule has 5 nitrogen and oxygen atoms in total. The Bertz CT molecular complexity index is 393. The number of aromatic nitrogens is 1. The summed E-state index contributed by atoms with van der Waals surface area (Å²) in [5, 5.41) is 9.22. The third-order valence-corrected chi connectivity index (χ3v) is 2.60. The summed E-state index contributed by atoms with van der Waals surface area (Å²) in [6.45, 7) is 5.61. The first-order chi connectivity index (χ1) is 8.11. The van der Waals surface area contributed by atoms with Crippen LogP contribution in [-0.2, 0) is 4.74 Å². The van der Waals surface area contributed by atoms with Gasteiger partial charge in [0.1, 0.15) is 11.4 Å². The zero-order valence-electron chi connectivity index (χ0n) is 10.4. The third-order valence-electron chi connectivity index (χ3n) is 2.60. The molecule has 1 heterocycles. The lowest BCUT2D eigenvalue weighted by Gasteiger charge is -2.23. The number of carboxylic acid groups (broad SMARTS) is 1. The number of rotatable bonds is 6. The highest BCUT2D eigenvalue weighted by atomic mass is 16.5. The second-order valence-electron chi connectivity index (χ2n) is 3.70. The van der Waals surface area contributed by atoms with Gasteiger partial charge in [0.05, 0.1) is 6.61 Å². The molecule has 0 spiro atoms. The second-order valence-corrected chi connectivity index (χ2v) is 3.70. The highest BCUT2D eigenvalue weighted by Gasteiger charge is 2.18. The Labute approximate surface area is 101 Å². The van der Waals surface area contributed by atoms with Gasteiger partial charge in [-0.15, -0.1) is 0 Å². The molecule has 1 aromatic heterocycles. The van der Waals surface area contributed by atoms with Crippen molar-refractivity contribution in [2.45, 2.75) is 13.8 Å². The summed E-state index contributed by atoms with van der Waals surface area (Å²) in [7, 11) is 1.62. The molecule has 5 heteroatoms. The Morgan fingerprint density at radius 1 is 1.59 bits per heavy atom. The zero-order valence-corrected chi connectivity index (χ0v) is 10.4. The Morgan fingerprint density at radius 2 is 2.29 bits per heavy atom. The molecule has 0 aromatic carbocycles. The van der Waals surface area contributed by atoms with Crippen molar-refractivity contribution in [3.05, 3.63) is 23.4 Å². The fourth-order valence-electron chi connectivity index (χ4n) is 1.66. The van der Waals surface area contributed by atoms with Gasteiger partial charge in [-0.2, -0.15) is 0 Å². The van der Waals surface area contributed by atoms with E-state index in [0.29, 0.717) is 25.5 Å². The minimum absolute atomic E-state index is 0.269. The second kappa shape index (κ2) is 6.20. The summed E-state index contributed by atoms with van der Waals surface area (Å²) in [6, 6.07) is 1.71. The van der Waals surface area contributed by atoms with Crippen molar-refractivity contribution in [1.29, 1.82) is 0 Å². The van der Waals surface area contributed by atoms with Gasteiger partial charge in [-0.25, -0.2) is 9.78 Å². The number of methoxy groups -OCH3 is 1. The highest BCUT2D eigenvalue weighted by Crippen LogP contribution is 2.20. The van der Waals surface area contributed by atoms with Crippen LogP contribution in [0, 0.1) is 6.92 Å². The molecule has 1 rings (SSSR count). The molecule has 0 atom stereocenters. The lowest BCUT2D eigenvalue weighted by molar-refractivity contribution is 0.0696. The molecule has 17 heavy (non-hydrogen) atoms. The van der Waals surface area contributed by atoms with Gasteiger partial charge in [0.15, 0.2) is 0 Å². The Kier molecular flexibility index (Phi) is 4.90. The normalized spacial score (nSPS) is 10.3. The summed E-state index contributed by atoms with van der Waals surface area (Å²) in [5.74, 6) is -0.432. The maximum Gasteiger partial charge on any atom is 0.339 e. The minimum Gasteiger partial charge on any atom is -0.478 e. The highest BCUT2D eigenvalue weighted by molar-refractivity contribution is 5.94. The van der Waals surface area contributed by atoms with E-state index in [4.69, 9.17) is 4.74 Å². The predicted octanol–water partition coefficient (Wildman–Crippen LogP) is 1.56. The number of carboxylic acids is 1. The Balaban J connectivity index is 3.09. The van der Waals surface area contributed by atoms with Crippen LogP contribution in [-0.4, -0.2) is 42.9 Å². The molecule has 0 amide bonds. The van der Waals surface area contributed by atoms with Crippen molar-refractivity contribution in [3.63, 3.8) is 0 Å². The molecule has 0 saturated carbocycles. The number of aryl methyl sites for hydroxylation is 1. The molecule has 0 aliphatic carbocycles. The van der Waals surface area contributed by atoms with Gasteiger partial charge in [-0.1, -0.05) is 0 Å². The van der Waals surface area contributed by atoms with Crippen LogP contribution in [0.15, 0.2) is 12.3 Å². The summed E-state index contributed by atoms with van der Waals surface area (Å²) < 4.78 is 5.01. The van der Waals surface area contributed by atoms with Gasteiger partial charge in [-0.05, 0) is 25.5 Å². The molecule has 0 bridgehead atoms. The summed E-state index contributed by atoms with van der Waals surface area (Å²) in [5.41, 5.74) is 0.990. The first kappa shape index (κ1) is 13.4. The fraction of sp³-hybridized carbons (Fsp3) is 0.500. The summed E-state index contributed by atoms with van der Waals surface area (Å²) in [4.78, 5) is 17.3. The average Bonchev–Trinajstić information content (AvgIpc) is 2.29. The van der Waals surface area contributed by atoms with E-state index in [0.717, 1.165) is 5.56 Å². The van der Waals surface area contributed by atoms with Gasteiger partial charge < -0.3 is 14.7 Å². The number of pyridine rings is 1. The fourth-order valence-corrected chi connectivity index (χ4v) is 1.66. The van der Waals surface area contributed by atoms with Gasteiger partial charge in [0, 0.05) is 26.4 Å². The van der Waals surface area contributed by atoms with Gasteiger partial charge in [-0.3, -0.25) is 0 Å². The number of anilines is 1. The number of nitrogens with zero attached hydrogens (tertiary/aromatic N) is 2. The van der Waals surface area contributed by atoms with Crippen molar-refractivity contribution >= 4 is 11.8 Å². The lowest BCUT2D eigenvalue weighted by Crippen LogP contribution is -2.29. The van der Waals surface area contributed by atoms with Gasteiger partial charge in [0.2, 0.25) is 0 Å². The van der Waals surface area contributed by atoms with Crippen LogP contribution in [0.2, 0.25) is 0 Å². The van der Waals surface area contributed by atoms with E-state index in [1.807, 2.05) is 11.8 Å². The smallest absolute Gasteiger partial charge is 0.339 e. The number of hydrogen-bond donors (Lipinski definition) is 1. The SMILES string of the molecule is CCN(CCOC)c1nccc(C)c1C(=O)O. The Morgan fingerprint density at radius 3 is 2.82 bits per heavy atom. The maximum absolute atomic E-state index is 11.2. The molecule has 0 aliphatic rings. The van der Waals surface area contributed by atoms with Crippen LogP contribution in [0.5, 0.6) is 0 Å². The predicted molar refractivity (Wildman–Crippen MR) is 65.7 cm³/mol. The molecule has 0 unspecified atom stereocenters. The zero-order chi connectivity index (χ0) is 12.8. The summed E-state index contributed by atoms with van der Waals surface area (Å²) >= 11 is 0. The Hall–Kier alpha value is -1.62. The molecule has 94 valence electrons. The number of hydrogen-bond acceptors (Lipinski definition) is 4. The van der Waals surface area contributed by atoms with Crippen LogP contribution in [0.3, 0.4) is 0 Å². The quantitative estimate of drug-likeness (QED) is 0.814. The minimum atomic E-state index is -0.943. The molecular formula is C12H18N2O3. The van der Waals surface area contributed by atoms with Crippen LogP contribution in [0.4, 0.5) is 5.82 Å². The van der Waals surface area contributed by atoms with Crippen molar-refractivity contribution in [1.82, 2.24) is 4.98 Å². The van der Waals surface area contributed by atoms with E-state index >= 15 is 0 Å². The van der Waals surface area contributed by atoms with Crippen molar-refractivity contribution in [2.75, 3.05) is 31.7 Å². The molecule has 0 radical (unpaired) electrons. The third kappa shape index (κ3) is 3.17. The molecule has 1 N–H and O–H groups in total. The van der Waals surface area contributed by atoms with Crippen LogP contribution >= 0.6 is 0 Å². The molecule has 0 aliphatic heterocycles. The molecular weight excluding hydrogens is 220 g/mol. The first-order valence-corrected chi connectivity index (χ1v) is 5.54. The van der Waals surface area contributed by atoms with E-state index in [1.54, 1.807) is 26.3 Å².